The van der Waals surface area contributed by atoms with E-state index in [2.05, 4.69) is 48.7 Å². The van der Waals surface area contributed by atoms with Gasteiger partial charge in [-0.25, -0.2) is 5.48 Å². The van der Waals surface area contributed by atoms with Crippen LogP contribution in [0.4, 0.5) is 0 Å². The third-order valence-electron chi connectivity index (χ3n) is 4.41. The Morgan fingerprint density at radius 3 is 2.25 bits per heavy atom. The second-order valence-corrected chi connectivity index (χ2v) is 8.83. The van der Waals surface area contributed by atoms with Gasteiger partial charge in [-0.05, 0) is 43.2 Å². The Labute approximate surface area is 193 Å². The summed E-state index contributed by atoms with van der Waals surface area (Å²) in [6, 6.07) is 7.31. The first-order chi connectivity index (χ1) is 15.0. The largest absolute Gasteiger partial charge is 0.386 e. The van der Waals surface area contributed by atoms with Gasteiger partial charge in [0.2, 0.25) is 5.91 Å². The van der Waals surface area contributed by atoms with E-state index in [0.29, 0.717) is 25.4 Å². The van der Waals surface area contributed by atoms with Crippen molar-refractivity contribution in [3.63, 3.8) is 0 Å². The van der Waals surface area contributed by atoms with Gasteiger partial charge >= 0.3 is 0 Å². The Balaban J connectivity index is 0.00000140. The molecule has 182 valence electrons. The van der Waals surface area contributed by atoms with Crippen molar-refractivity contribution in [1.29, 1.82) is 0 Å². The highest BCUT2D eigenvalue weighted by molar-refractivity contribution is 5.97. The summed E-state index contributed by atoms with van der Waals surface area (Å²) < 4.78 is 0. The molecule has 0 saturated heterocycles. The zero-order valence-corrected chi connectivity index (χ0v) is 20.6. The van der Waals surface area contributed by atoms with E-state index in [9.17, 15) is 4.79 Å². The van der Waals surface area contributed by atoms with Crippen LogP contribution in [0.2, 0.25) is 0 Å². The number of nitrogens with one attached hydrogen (secondary N) is 2. The lowest BCUT2D eigenvalue weighted by atomic mass is 9.90. The molecule has 0 atom stereocenters. The monoisotopic (exact) mass is 449 g/mol. The molecule has 0 aliphatic heterocycles. The molecule has 32 heavy (non-hydrogen) atoms. The van der Waals surface area contributed by atoms with E-state index >= 15 is 0 Å². The van der Waals surface area contributed by atoms with Crippen molar-refractivity contribution in [2.75, 3.05) is 26.7 Å². The summed E-state index contributed by atoms with van der Waals surface area (Å²) in [5.41, 5.74) is 20.8. The number of carbonyl (C=O) groups is 1. The molecule has 0 radical (unpaired) electrons. The number of amides is 1. The Kier molecular flexibility index (Phi) is 14.9. The van der Waals surface area contributed by atoms with Crippen molar-refractivity contribution in [2.45, 2.75) is 53.9 Å². The van der Waals surface area contributed by atoms with Gasteiger partial charge in [0.25, 0.3) is 0 Å². The van der Waals surface area contributed by atoms with E-state index in [1.807, 2.05) is 12.1 Å². The quantitative estimate of drug-likeness (QED) is 0.187. The van der Waals surface area contributed by atoms with Gasteiger partial charge in [-0.1, -0.05) is 52.0 Å². The van der Waals surface area contributed by atoms with Gasteiger partial charge < -0.3 is 27.4 Å². The zero-order valence-electron chi connectivity index (χ0n) is 20.6. The molecule has 1 amide bonds. The van der Waals surface area contributed by atoms with E-state index in [1.165, 1.54) is 0 Å². The normalized spacial score (nSPS) is 12.4. The predicted molar refractivity (Wildman–Crippen MR) is 133 cm³/mol. The van der Waals surface area contributed by atoms with E-state index in [0.717, 1.165) is 36.4 Å². The van der Waals surface area contributed by atoms with Crippen LogP contribution in [-0.4, -0.2) is 44.3 Å². The van der Waals surface area contributed by atoms with Crippen molar-refractivity contribution in [1.82, 2.24) is 10.8 Å². The summed E-state index contributed by atoms with van der Waals surface area (Å²) in [7, 11) is 1.73. The molecule has 8 N–H and O–H groups in total. The molecule has 0 saturated carbocycles. The maximum absolute atomic E-state index is 12.1. The van der Waals surface area contributed by atoms with Crippen LogP contribution in [0.15, 0.2) is 34.5 Å². The van der Waals surface area contributed by atoms with Crippen molar-refractivity contribution in [3.8, 4) is 0 Å². The van der Waals surface area contributed by atoms with Crippen LogP contribution in [0.3, 0.4) is 0 Å². The maximum atomic E-state index is 12.1. The van der Waals surface area contributed by atoms with Gasteiger partial charge in [0, 0.05) is 19.2 Å². The smallest absolute Gasteiger partial charge is 0.224 e. The fourth-order valence-corrected chi connectivity index (χ4v) is 2.45. The summed E-state index contributed by atoms with van der Waals surface area (Å²) in [6.45, 7) is 12.2. The van der Waals surface area contributed by atoms with Crippen LogP contribution in [0.5, 0.6) is 0 Å². The first-order valence-corrected chi connectivity index (χ1v) is 11.0. The highest BCUT2D eigenvalue weighted by Crippen LogP contribution is 2.19. The molecule has 1 aromatic carbocycles. The first-order valence-electron chi connectivity index (χ1n) is 11.0. The average Bonchev–Trinajstić information content (AvgIpc) is 2.71. The molecule has 1 aromatic rings. The zero-order chi connectivity index (χ0) is 24.6. The number of hydrogen-bond donors (Lipinski definition) is 5. The summed E-state index contributed by atoms with van der Waals surface area (Å²) in [5, 5.41) is 10.5. The number of rotatable bonds is 12. The van der Waals surface area contributed by atoms with Crippen molar-refractivity contribution >= 4 is 17.6 Å². The fraction of sp³-hybridized carbons (Fsp3) is 0.609. The number of hydroxylamine groups is 1. The Morgan fingerprint density at radius 1 is 1.16 bits per heavy atom. The topological polar surface area (TPSA) is 153 Å². The van der Waals surface area contributed by atoms with Gasteiger partial charge in [0.1, 0.15) is 5.84 Å². The molecule has 0 aliphatic carbocycles. The number of benzene rings is 1. The van der Waals surface area contributed by atoms with Gasteiger partial charge in [-0.15, -0.1) is 10.2 Å². The van der Waals surface area contributed by atoms with E-state index in [4.69, 9.17) is 22.0 Å². The highest BCUT2D eigenvalue weighted by atomic mass is 16.6. The molecule has 9 heteroatoms. The summed E-state index contributed by atoms with van der Waals surface area (Å²) in [6.07, 6.45) is 2.29. The number of amidine groups is 2. The standard InChI is InChI=1S/C18H30N6O2.C5H13N/c1-13(19)23-24-17(20)15-7-5-14(6-8-15)11-16(25)22-10-9-18(2,3)12-26-21-4;1-5(2)3-4-6/h5-8,21H,9-12H2,1-4H3,(H2,19,23)(H2,20,24)(H,22,25);5H,3-4,6H2,1-2H3. The van der Waals surface area contributed by atoms with Gasteiger partial charge in [-0.2, -0.15) is 0 Å². The van der Waals surface area contributed by atoms with Crippen molar-refractivity contribution in [3.05, 3.63) is 35.4 Å². The number of nitrogens with two attached hydrogens (primary N) is 3. The molecule has 0 fully saturated rings. The molecule has 0 bridgehead atoms. The van der Waals surface area contributed by atoms with E-state index < -0.39 is 0 Å². The van der Waals surface area contributed by atoms with Crippen LogP contribution in [-0.2, 0) is 16.1 Å². The Morgan fingerprint density at radius 2 is 1.78 bits per heavy atom. The molecule has 0 aromatic heterocycles. The minimum Gasteiger partial charge on any atom is -0.386 e. The average molecular weight is 450 g/mol. The first kappa shape index (κ1) is 29.5. The van der Waals surface area contributed by atoms with Crippen molar-refractivity contribution < 1.29 is 9.63 Å². The van der Waals surface area contributed by atoms with Gasteiger partial charge in [-0.3, -0.25) is 4.79 Å². The number of nitrogens with zero attached hydrogens (tertiary/aromatic N) is 2. The molecule has 0 unspecified atom stereocenters. The van der Waals surface area contributed by atoms with E-state index in [-0.39, 0.29) is 17.2 Å². The van der Waals surface area contributed by atoms with Gasteiger partial charge in [0.05, 0.1) is 13.0 Å². The minimum atomic E-state index is -0.0203. The van der Waals surface area contributed by atoms with E-state index in [1.54, 1.807) is 26.1 Å². The fourth-order valence-electron chi connectivity index (χ4n) is 2.45. The van der Waals surface area contributed by atoms with Crippen LogP contribution >= 0.6 is 0 Å². The molecule has 1 rings (SSSR count). The summed E-state index contributed by atoms with van der Waals surface area (Å²) in [4.78, 5) is 17.3. The highest BCUT2D eigenvalue weighted by Gasteiger charge is 2.18. The lowest BCUT2D eigenvalue weighted by Gasteiger charge is -2.23. The predicted octanol–water partition coefficient (Wildman–Crippen LogP) is 1.90. The Hall–Kier alpha value is -2.49. The molecular formula is C23H43N7O2. The van der Waals surface area contributed by atoms with Crippen LogP contribution in [0, 0.1) is 11.3 Å². The van der Waals surface area contributed by atoms with Crippen LogP contribution < -0.4 is 28.0 Å². The summed E-state index contributed by atoms with van der Waals surface area (Å²) in [5.74, 6) is 1.36. The number of hydrogen-bond acceptors (Lipinski definition) is 6. The molecular weight excluding hydrogens is 406 g/mol. The van der Waals surface area contributed by atoms with Gasteiger partial charge in [0.15, 0.2) is 5.84 Å². The maximum Gasteiger partial charge on any atom is 0.224 e. The lowest BCUT2D eigenvalue weighted by Crippen LogP contribution is -2.32. The third kappa shape index (κ3) is 15.3. The molecule has 0 spiro atoms. The third-order valence-corrected chi connectivity index (χ3v) is 4.41. The molecule has 9 nitrogen and oxygen atoms in total. The summed E-state index contributed by atoms with van der Waals surface area (Å²) >= 11 is 0. The van der Waals surface area contributed by atoms with Crippen molar-refractivity contribution in [2.24, 2.45) is 38.7 Å². The van der Waals surface area contributed by atoms with Crippen LogP contribution in [0.25, 0.3) is 0 Å². The SMILES string of the molecule is CC(C)CCN.CNOCC(C)(C)CCNC(=O)Cc1ccc(/C(N)=N/N=C(/C)N)cc1. The number of carbonyl (C=O) groups excluding carboxylic acids is 1. The Bertz CT molecular complexity index is 710. The second-order valence-electron chi connectivity index (χ2n) is 8.83. The molecule has 0 heterocycles. The lowest BCUT2D eigenvalue weighted by molar-refractivity contribution is -0.120. The molecule has 0 aliphatic rings. The minimum absolute atomic E-state index is 0.0147. The van der Waals surface area contributed by atoms with Crippen LogP contribution in [0.1, 0.15) is 58.6 Å². The second kappa shape index (κ2) is 16.2.